The van der Waals surface area contributed by atoms with Gasteiger partial charge in [-0.15, -0.1) is 34.8 Å². The fourth-order valence-corrected chi connectivity index (χ4v) is 4.00. The van der Waals surface area contributed by atoms with Crippen molar-refractivity contribution in [2.75, 3.05) is 37.3 Å². The molecule has 8 heteroatoms. The minimum atomic E-state index is -3.21. The molecule has 2 atom stereocenters. The first-order valence-corrected chi connectivity index (χ1v) is 7.62. The molecule has 0 radical (unpaired) electrons. The van der Waals surface area contributed by atoms with E-state index in [1.807, 2.05) is 0 Å². The Labute approximate surface area is 104 Å². The molecule has 1 heterocycles. The Kier molecular flexibility index (Phi) is 6.23. The fraction of sp³-hybridized carbons (Fsp3) is 1.00. The third-order valence-electron chi connectivity index (χ3n) is 1.91. The van der Waals surface area contributed by atoms with Crippen LogP contribution in [-0.4, -0.2) is 48.1 Å². The van der Waals surface area contributed by atoms with Crippen LogP contribution in [0, 0.1) is 0 Å². The van der Waals surface area contributed by atoms with E-state index >= 15 is 0 Å². The SMILES string of the molecule is O=[P@]1(N(CCCl)CCCl)OC[C@H](CCl)O1. The molecule has 0 saturated carbocycles. The summed E-state index contributed by atoms with van der Waals surface area (Å²) >= 11 is 16.8. The second-order valence-corrected chi connectivity index (χ2v) is 6.01. The van der Waals surface area contributed by atoms with Crippen molar-refractivity contribution >= 4 is 42.5 Å². The molecule has 0 bridgehead atoms. The molecular weight excluding hydrogens is 283 g/mol. The summed E-state index contributed by atoms with van der Waals surface area (Å²) in [5.74, 6) is 0.956. The minimum Gasteiger partial charge on any atom is -0.294 e. The van der Waals surface area contributed by atoms with Crippen molar-refractivity contribution in [2.24, 2.45) is 0 Å². The van der Waals surface area contributed by atoms with Gasteiger partial charge < -0.3 is 0 Å². The summed E-state index contributed by atoms with van der Waals surface area (Å²) in [5.41, 5.74) is 0. The van der Waals surface area contributed by atoms with Crippen molar-refractivity contribution in [3.63, 3.8) is 0 Å². The van der Waals surface area contributed by atoms with Crippen LogP contribution < -0.4 is 0 Å². The van der Waals surface area contributed by atoms with E-state index in [-0.39, 0.29) is 18.6 Å². The van der Waals surface area contributed by atoms with E-state index in [4.69, 9.17) is 43.9 Å². The number of rotatable bonds is 6. The lowest BCUT2D eigenvalue weighted by atomic mass is 10.5. The number of halogens is 3. The summed E-state index contributed by atoms with van der Waals surface area (Å²) in [5, 5.41) is 0. The average Bonchev–Trinajstić information content (AvgIpc) is 2.61. The Morgan fingerprint density at radius 2 is 1.87 bits per heavy atom. The zero-order valence-corrected chi connectivity index (χ0v) is 11.2. The van der Waals surface area contributed by atoms with Crippen molar-refractivity contribution in [2.45, 2.75) is 6.10 Å². The maximum atomic E-state index is 12.2. The lowest BCUT2D eigenvalue weighted by Crippen LogP contribution is -2.25. The molecule has 0 aromatic rings. The highest BCUT2D eigenvalue weighted by Gasteiger charge is 2.41. The van der Waals surface area contributed by atoms with Gasteiger partial charge in [0.15, 0.2) is 0 Å². The lowest BCUT2D eigenvalue weighted by Gasteiger charge is -2.24. The Morgan fingerprint density at radius 3 is 2.27 bits per heavy atom. The Morgan fingerprint density at radius 1 is 1.27 bits per heavy atom. The van der Waals surface area contributed by atoms with Gasteiger partial charge in [-0.3, -0.25) is 9.05 Å². The Balaban J connectivity index is 2.61. The molecule has 0 amide bonds. The summed E-state index contributed by atoms with van der Waals surface area (Å²) in [6, 6.07) is 0. The highest BCUT2D eigenvalue weighted by atomic mass is 35.5. The van der Waals surface area contributed by atoms with Crippen LogP contribution in [0.4, 0.5) is 0 Å². The third kappa shape index (κ3) is 3.74. The van der Waals surface area contributed by atoms with Gasteiger partial charge >= 0.3 is 7.75 Å². The first-order chi connectivity index (χ1) is 7.16. The smallest absolute Gasteiger partial charge is 0.294 e. The topological polar surface area (TPSA) is 38.8 Å². The molecule has 0 N–H and O–H groups in total. The second kappa shape index (κ2) is 6.65. The van der Waals surface area contributed by atoms with Crippen LogP contribution in [-0.2, 0) is 13.6 Å². The minimum absolute atomic E-state index is 0.252. The zero-order chi connectivity index (χ0) is 11.3. The molecule has 0 aliphatic carbocycles. The Bertz CT molecular complexity index is 238. The molecular formula is C7H13Cl3NO3P. The maximum Gasteiger partial charge on any atom is 0.408 e. The van der Waals surface area contributed by atoms with Gasteiger partial charge in [-0.1, -0.05) is 0 Å². The highest BCUT2D eigenvalue weighted by Crippen LogP contribution is 2.56. The van der Waals surface area contributed by atoms with Crippen LogP contribution in [0.15, 0.2) is 0 Å². The van der Waals surface area contributed by atoms with Gasteiger partial charge in [0.05, 0.1) is 12.5 Å². The van der Waals surface area contributed by atoms with E-state index in [1.54, 1.807) is 4.67 Å². The number of alkyl halides is 3. The molecule has 1 fully saturated rings. The van der Waals surface area contributed by atoms with Gasteiger partial charge in [0.25, 0.3) is 0 Å². The van der Waals surface area contributed by atoms with Crippen LogP contribution in [0.25, 0.3) is 0 Å². The molecule has 1 aliphatic heterocycles. The van der Waals surface area contributed by atoms with E-state index in [2.05, 4.69) is 0 Å². The largest absolute Gasteiger partial charge is 0.408 e. The molecule has 90 valence electrons. The molecule has 0 unspecified atom stereocenters. The summed E-state index contributed by atoms with van der Waals surface area (Å²) in [4.78, 5) is 0. The third-order valence-corrected chi connectivity index (χ3v) is 4.72. The van der Waals surface area contributed by atoms with Crippen molar-refractivity contribution in [1.29, 1.82) is 0 Å². The molecule has 1 rings (SSSR count). The van der Waals surface area contributed by atoms with Gasteiger partial charge in [-0.2, -0.15) is 0 Å². The molecule has 0 aromatic carbocycles. The number of hydrogen-bond acceptors (Lipinski definition) is 3. The first-order valence-electron chi connectivity index (χ1n) is 4.52. The van der Waals surface area contributed by atoms with Crippen LogP contribution in [0.3, 0.4) is 0 Å². The second-order valence-electron chi connectivity index (χ2n) is 2.98. The standard InChI is InChI=1S/C7H13Cl3NO3P/c8-1-3-11(4-2-9)15(12)13-6-7(5-10)14-15/h7H,1-6H2/t7-,15+/m0/s1. The normalized spacial score (nSPS) is 31.3. The van der Waals surface area contributed by atoms with Gasteiger partial charge in [-0.05, 0) is 0 Å². The van der Waals surface area contributed by atoms with Crippen molar-refractivity contribution in [1.82, 2.24) is 4.67 Å². The zero-order valence-electron chi connectivity index (χ0n) is 8.07. The summed E-state index contributed by atoms with van der Waals surface area (Å²) in [7, 11) is -3.21. The molecule has 15 heavy (non-hydrogen) atoms. The van der Waals surface area contributed by atoms with Crippen molar-refractivity contribution in [3.8, 4) is 0 Å². The predicted molar refractivity (Wildman–Crippen MR) is 62.2 cm³/mol. The summed E-state index contributed by atoms with van der Waals surface area (Å²) < 4.78 is 24.2. The predicted octanol–water partition coefficient (Wildman–Crippen LogP) is 2.53. The quantitative estimate of drug-likeness (QED) is 0.558. The first kappa shape index (κ1) is 14.0. The molecule has 4 nitrogen and oxygen atoms in total. The van der Waals surface area contributed by atoms with Crippen LogP contribution in [0.2, 0.25) is 0 Å². The van der Waals surface area contributed by atoms with Crippen LogP contribution in [0.1, 0.15) is 0 Å². The fourth-order valence-electron chi connectivity index (χ4n) is 1.20. The lowest BCUT2D eigenvalue weighted by molar-refractivity contribution is 0.238. The van der Waals surface area contributed by atoms with Gasteiger partial charge in [0.2, 0.25) is 0 Å². The van der Waals surface area contributed by atoms with Gasteiger partial charge in [-0.25, -0.2) is 9.24 Å². The Hall–Kier alpha value is 0.980. The van der Waals surface area contributed by atoms with E-state index < -0.39 is 7.75 Å². The van der Waals surface area contributed by atoms with Gasteiger partial charge in [0, 0.05) is 24.8 Å². The van der Waals surface area contributed by atoms with E-state index in [9.17, 15) is 4.57 Å². The monoisotopic (exact) mass is 295 g/mol. The summed E-state index contributed by atoms with van der Waals surface area (Å²) in [6.45, 7) is 1.09. The molecule has 0 spiro atoms. The van der Waals surface area contributed by atoms with E-state index in [1.165, 1.54) is 0 Å². The number of nitrogens with zero attached hydrogens (tertiary/aromatic N) is 1. The average molecular weight is 297 g/mol. The van der Waals surface area contributed by atoms with Crippen LogP contribution in [0.5, 0.6) is 0 Å². The van der Waals surface area contributed by atoms with Crippen molar-refractivity contribution < 1.29 is 13.6 Å². The van der Waals surface area contributed by atoms with Crippen molar-refractivity contribution in [3.05, 3.63) is 0 Å². The number of hydrogen-bond donors (Lipinski definition) is 0. The summed E-state index contributed by atoms with van der Waals surface area (Å²) in [6.07, 6.45) is -0.314. The van der Waals surface area contributed by atoms with Gasteiger partial charge in [0.1, 0.15) is 6.10 Å². The molecule has 1 aliphatic rings. The highest BCUT2D eigenvalue weighted by molar-refractivity contribution is 7.51. The maximum absolute atomic E-state index is 12.2. The van der Waals surface area contributed by atoms with Crippen LogP contribution >= 0.6 is 42.5 Å². The molecule has 0 aromatic heterocycles. The van der Waals surface area contributed by atoms with E-state index in [0.717, 1.165) is 0 Å². The molecule has 1 saturated heterocycles. The van der Waals surface area contributed by atoms with E-state index in [0.29, 0.717) is 24.8 Å².